The zero-order chi connectivity index (χ0) is 23.5. The average molecular weight is 486 g/mol. The first-order valence-electron chi connectivity index (χ1n) is 9.83. The summed E-state index contributed by atoms with van der Waals surface area (Å²) in [5, 5.41) is 11.6. The van der Waals surface area contributed by atoms with Crippen LogP contribution < -0.4 is 16.2 Å². The zero-order valence-electron chi connectivity index (χ0n) is 18.1. The number of nitrogens with zero attached hydrogens (tertiary/aromatic N) is 6. The number of rotatable bonds is 8. The summed E-state index contributed by atoms with van der Waals surface area (Å²) in [7, 11) is 0. The number of hydrogen-bond acceptors (Lipinski definition) is 10. The van der Waals surface area contributed by atoms with E-state index in [1.165, 1.54) is 21.1 Å². The highest BCUT2D eigenvalue weighted by Crippen LogP contribution is 2.21. The van der Waals surface area contributed by atoms with Crippen LogP contribution in [0.1, 0.15) is 33.3 Å². The van der Waals surface area contributed by atoms with Crippen LogP contribution in [0.2, 0.25) is 0 Å². The number of Topliss-reactive ketones (excluding diaryl/α,β-unsaturated/α-hetero) is 1. The first-order chi connectivity index (χ1) is 15.8. The van der Waals surface area contributed by atoms with Crippen molar-refractivity contribution in [2.45, 2.75) is 36.8 Å². The number of aromatic nitrogens is 7. The van der Waals surface area contributed by atoms with Gasteiger partial charge in [-0.15, -0.1) is 10.2 Å². The number of hydrogen-bond donors (Lipinski definition) is 2. The second kappa shape index (κ2) is 9.58. The molecule has 0 saturated carbocycles. The molecule has 33 heavy (non-hydrogen) atoms. The number of nitrogens with one attached hydrogen (secondary N) is 1. The molecule has 0 bridgehead atoms. The van der Waals surface area contributed by atoms with Gasteiger partial charge in [0, 0.05) is 23.5 Å². The Morgan fingerprint density at radius 2 is 1.82 bits per heavy atom. The van der Waals surface area contributed by atoms with E-state index in [2.05, 4.69) is 25.4 Å². The highest BCUT2D eigenvalue weighted by atomic mass is 32.2. The minimum absolute atomic E-state index is 0.0723. The molecule has 0 aliphatic heterocycles. The lowest BCUT2D eigenvalue weighted by molar-refractivity contribution is -0.672. The van der Waals surface area contributed by atoms with E-state index in [-0.39, 0.29) is 11.4 Å². The van der Waals surface area contributed by atoms with Crippen molar-refractivity contribution in [3.8, 4) is 5.69 Å². The number of nitrogen functional groups attached to an aromatic ring is 1. The van der Waals surface area contributed by atoms with E-state index in [0.717, 1.165) is 28.7 Å². The Labute approximate surface area is 196 Å². The van der Waals surface area contributed by atoms with E-state index in [4.69, 9.17) is 10.4 Å². The minimum Gasteiger partial charge on any atom is -0.336 e. The van der Waals surface area contributed by atoms with E-state index < -0.39 is 11.4 Å². The van der Waals surface area contributed by atoms with Gasteiger partial charge in [0.05, 0.1) is 11.5 Å². The summed E-state index contributed by atoms with van der Waals surface area (Å²) in [6.45, 7) is 5.76. The van der Waals surface area contributed by atoms with Crippen LogP contribution in [0.5, 0.6) is 0 Å². The second-order valence-electron chi connectivity index (χ2n) is 7.20. The van der Waals surface area contributed by atoms with Crippen LogP contribution in [0.4, 0.5) is 0 Å². The summed E-state index contributed by atoms with van der Waals surface area (Å²) in [5.74, 6) is 6.53. The fourth-order valence-electron chi connectivity index (χ4n) is 2.98. The van der Waals surface area contributed by atoms with Crippen molar-refractivity contribution in [1.29, 1.82) is 0 Å². The van der Waals surface area contributed by atoms with Gasteiger partial charge in [0.2, 0.25) is 16.6 Å². The third-order valence-electron chi connectivity index (χ3n) is 4.56. The maximum absolute atomic E-state index is 12.8. The zero-order valence-corrected chi connectivity index (χ0v) is 19.7. The Bertz CT molecular complexity index is 1340. The standard InChI is InChI=1S/C20H20N8O3S2/c1-11-4-6-14(7-5-11)28-17(18(30)31-26-28)15(29)9-33-20-25-24-16(27(20)21)10-32-19-22-12(2)8-13(3)23-19/h4-8H,9-10,21H2,1-3H3/p+1. The number of aryl methyl sites for hydroxylation is 3. The van der Waals surface area contributed by atoms with Gasteiger partial charge < -0.3 is 5.84 Å². The lowest BCUT2D eigenvalue weighted by Gasteiger charge is -2.04. The molecule has 0 atom stereocenters. The highest BCUT2D eigenvalue weighted by Gasteiger charge is 2.31. The first-order valence-corrected chi connectivity index (χ1v) is 11.8. The third-order valence-corrected chi connectivity index (χ3v) is 6.35. The maximum Gasteiger partial charge on any atom is 0.438 e. The second-order valence-corrected chi connectivity index (χ2v) is 9.09. The molecule has 0 aliphatic rings. The van der Waals surface area contributed by atoms with Crippen molar-refractivity contribution in [1.82, 2.24) is 30.1 Å². The van der Waals surface area contributed by atoms with Crippen LogP contribution in [0.25, 0.3) is 5.69 Å². The van der Waals surface area contributed by atoms with Gasteiger partial charge in [-0.25, -0.2) is 19.4 Å². The van der Waals surface area contributed by atoms with E-state index in [1.807, 2.05) is 39.0 Å². The van der Waals surface area contributed by atoms with Gasteiger partial charge in [-0.05, 0) is 36.8 Å². The molecule has 3 heterocycles. The number of ketones is 1. The van der Waals surface area contributed by atoms with Crippen molar-refractivity contribution in [3.63, 3.8) is 0 Å². The Hall–Kier alpha value is -3.45. The summed E-state index contributed by atoms with van der Waals surface area (Å²) < 4.78 is 7.50. The predicted molar refractivity (Wildman–Crippen MR) is 122 cm³/mol. The molecular formula is C20H21N8O3S2+. The molecular weight excluding hydrogens is 464 g/mol. The summed E-state index contributed by atoms with van der Waals surface area (Å²) in [6, 6.07) is 9.20. The highest BCUT2D eigenvalue weighted by molar-refractivity contribution is 7.99. The molecule has 170 valence electrons. The van der Waals surface area contributed by atoms with Crippen molar-refractivity contribution in [2.24, 2.45) is 0 Å². The van der Waals surface area contributed by atoms with Gasteiger partial charge in [-0.1, -0.05) is 41.2 Å². The molecule has 1 aromatic carbocycles. The average Bonchev–Trinajstić information content (AvgIpc) is 3.33. The number of nitrogens with two attached hydrogens (primary N) is 1. The number of carbonyl (C=O) groups is 1. The molecule has 0 unspecified atom stereocenters. The van der Waals surface area contributed by atoms with Crippen LogP contribution in [0.3, 0.4) is 0 Å². The fraction of sp³-hybridized carbons (Fsp3) is 0.250. The van der Waals surface area contributed by atoms with Gasteiger partial charge in [0.25, 0.3) is 0 Å². The molecule has 0 radical (unpaired) electrons. The van der Waals surface area contributed by atoms with Gasteiger partial charge in [-0.2, -0.15) is 0 Å². The molecule has 3 aromatic heterocycles. The molecule has 0 spiro atoms. The number of aromatic amines is 1. The van der Waals surface area contributed by atoms with Gasteiger partial charge in [0.15, 0.2) is 11.0 Å². The molecule has 4 rings (SSSR count). The third kappa shape index (κ3) is 5.14. The maximum atomic E-state index is 12.8. The Morgan fingerprint density at radius 1 is 1.12 bits per heavy atom. The fourth-order valence-corrected chi connectivity index (χ4v) is 4.59. The van der Waals surface area contributed by atoms with E-state index in [1.54, 1.807) is 12.1 Å². The van der Waals surface area contributed by atoms with Crippen LogP contribution >= 0.6 is 23.5 Å². The lowest BCUT2D eigenvalue weighted by Crippen LogP contribution is -2.41. The van der Waals surface area contributed by atoms with Gasteiger partial charge >= 0.3 is 11.3 Å². The SMILES string of the molecule is Cc1ccc(-[n+]2[nH]oc(=O)c2C(=O)CSc2nnc(CSc3nc(C)cc(C)n3)n2N)cc1. The predicted octanol–water partition coefficient (Wildman–Crippen LogP) is 1.53. The molecule has 11 nitrogen and oxygen atoms in total. The van der Waals surface area contributed by atoms with Crippen molar-refractivity contribution < 1.29 is 14.0 Å². The summed E-state index contributed by atoms with van der Waals surface area (Å²) in [4.78, 5) is 33.7. The smallest absolute Gasteiger partial charge is 0.336 e. The summed E-state index contributed by atoms with van der Waals surface area (Å²) >= 11 is 2.47. The normalized spacial score (nSPS) is 11.1. The Morgan fingerprint density at radius 3 is 2.52 bits per heavy atom. The quantitative estimate of drug-likeness (QED) is 0.124. The number of carbonyl (C=O) groups excluding carboxylic acids is 1. The van der Waals surface area contributed by atoms with Crippen LogP contribution in [0, 0.1) is 20.8 Å². The largest absolute Gasteiger partial charge is 0.438 e. The van der Waals surface area contributed by atoms with Crippen molar-refractivity contribution in [3.05, 3.63) is 69.2 Å². The van der Waals surface area contributed by atoms with E-state index in [0.29, 0.717) is 27.6 Å². The van der Waals surface area contributed by atoms with Crippen LogP contribution in [-0.2, 0) is 5.75 Å². The summed E-state index contributed by atoms with van der Waals surface area (Å²) in [5.41, 5.74) is 2.55. The van der Waals surface area contributed by atoms with Crippen molar-refractivity contribution >= 4 is 29.3 Å². The number of thioether (sulfide) groups is 2. The lowest BCUT2D eigenvalue weighted by atomic mass is 10.2. The van der Waals surface area contributed by atoms with Crippen LogP contribution in [0.15, 0.2) is 50.0 Å². The van der Waals surface area contributed by atoms with Gasteiger partial charge in [-0.3, -0.25) is 9.32 Å². The molecule has 0 amide bonds. The molecule has 13 heteroatoms. The molecule has 0 aliphatic carbocycles. The van der Waals surface area contributed by atoms with E-state index in [9.17, 15) is 9.59 Å². The minimum atomic E-state index is -0.749. The molecule has 0 saturated heterocycles. The molecule has 0 fully saturated rings. The van der Waals surface area contributed by atoms with Crippen LogP contribution in [-0.4, -0.2) is 41.6 Å². The molecule has 3 N–H and O–H groups in total. The monoisotopic (exact) mass is 485 g/mol. The topological polar surface area (TPSA) is 149 Å². The number of benzene rings is 1. The number of H-pyrrole nitrogens is 1. The Kier molecular flexibility index (Phi) is 6.60. The van der Waals surface area contributed by atoms with Crippen molar-refractivity contribution in [2.75, 3.05) is 11.6 Å². The molecule has 4 aromatic rings. The van der Waals surface area contributed by atoms with E-state index >= 15 is 0 Å². The first kappa shape index (κ1) is 22.7. The summed E-state index contributed by atoms with van der Waals surface area (Å²) in [6.07, 6.45) is 0. The van der Waals surface area contributed by atoms with Gasteiger partial charge in [0.1, 0.15) is 0 Å². The Balaban J connectivity index is 1.43.